The van der Waals surface area contributed by atoms with Gasteiger partial charge in [0.1, 0.15) is 0 Å². The summed E-state index contributed by atoms with van der Waals surface area (Å²) in [6.07, 6.45) is 2.59. The molecule has 1 rings (SSSR count). The predicted molar refractivity (Wildman–Crippen MR) is 46.8 cm³/mol. The van der Waals surface area contributed by atoms with Crippen LogP contribution in [-0.4, -0.2) is 17.0 Å². The van der Waals surface area contributed by atoms with Gasteiger partial charge in [-0.1, -0.05) is 6.92 Å². The van der Waals surface area contributed by atoms with Crippen LogP contribution in [-0.2, 0) is 9.59 Å². The highest BCUT2D eigenvalue weighted by molar-refractivity contribution is 5.86. The van der Waals surface area contributed by atoms with Crippen LogP contribution in [0.5, 0.6) is 0 Å². The number of hydrogen-bond donors (Lipinski definition) is 2. The topological polar surface area (TPSA) is 90.2 Å². The molecule has 0 saturated heterocycles. The van der Waals surface area contributed by atoms with Crippen molar-refractivity contribution in [3.8, 4) is 6.19 Å². The largest absolute Gasteiger partial charge is 0.481 e. The second-order valence-corrected chi connectivity index (χ2v) is 3.73. The van der Waals surface area contributed by atoms with Gasteiger partial charge in [0, 0.05) is 0 Å². The number of nitrogens with zero attached hydrogens (tertiary/aromatic N) is 1. The molecule has 0 aromatic heterocycles. The molecule has 0 radical (unpaired) electrons. The molecule has 5 heteroatoms. The van der Waals surface area contributed by atoms with Crippen molar-refractivity contribution in [3.63, 3.8) is 0 Å². The van der Waals surface area contributed by atoms with Crippen LogP contribution in [0, 0.1) is 29.2 Å². The van der Waals surface area contributed by atoms with E-state index >= 15 is 0 Å². The third kappa shape index (κ3) is 2.02. The SMILES string of the molecule is CC1C[C@H](C(=O)NC#N)[C@H](C(=O)O)C1. The molecule has 1 aliphatic carbocycles. The predicted octanol–water partition coefficient (Wildman–Crippen LogP) is 0.331. The van der Waals surface area contributed by atoms with Gasteiger partial charge in [-0.25, -0.2) is 0 Å². The highest BCUT2D eigenvalue weighted by Gasteiger charge is 2.41. The Kier molecular flexibility index (Phi) is 3.07. The minimum absolute atomic E-state index is 0.227. The molecule has 1 saturated carbocycles. The Morgan fingerprint density at radius 1 is 1.43 bits per heavy atom. The van der Waals surface area contributed by atoms with Crippen molar-refractivity contribution < 1.29 is 14.7 Å². The maximum Gasteiger partial charge on any atom is 0.307 e. The molecule has 0 aliphatic heterocycles. The summed E-state index contributed by atoms with van der Waals surface area (Å²) in [5.41, 5.74) is 0. The number of amides is 1. The summed E-state index contributed by atoms with van der Waals surface area (Å²) in [6, 6.07) is 0. The van der Waals surface area contributed by atoms with E-state index in [2.05, 4.69) is 0 Å². The van der Waals surface area contributed by atoms with Crippen molar-refractivity contribution in [2.75, 3.05) is 0 Å². The number of hydrogen-bond acceptors (Lipinski definition) is 3. The van der Waals surface area contributed by atoms with Crippen LogP contribution in [0.3, 0.4) is 0 Å². The fourth-order valence-corrected chi connectivity index (χ4v) is 2.00. The highest BCUT2D eigenvalue weighted by atomic mass is 16.4. The monoisotopic (exact) mass is 196 g/mol. The number of rotatable bonds is 2. The van der Waals surface area contributed by atoms with Crippen LogP contribution >= 0.6 is 0 Å². The second kappa shape index (κ2) is 4.09. The second-order valence-electron chi connectivity index (χ2n) is 3.73. The van der Waals surface area contributed by atoms with E-state index in [-0.39, 0.29) is 5.92 Å². The fourth-order valence-electron chi connectivity index (χ4n) is 2.00. The van der Waals surface area contributed by atoms with E-state index in [0.29, 0.717) is 12.8 Å². The average Bonchev–Trinajstić information content (AvgIpc) is 2.48. The van der Waals surface area contributed by atoms with Gasteiger partial charge in [0.05, 0.1) is 11.8 Å². The van der Waals surface area contributed by atoms with E-state index < -0.39 is 23.7 Å². The van der Waals surface area contributed by atoms with Crippen LogP contribution in [0.2, 0.25) is 0 Å². The van der Waals surface area contributed by atoms with Gasteiger partial charge in [-0.15, -0.1) is 0 Å². The van der Waals surface area contributed by atoms with E-state index in [4.69, 9.17) is 10.4 Å². The Hall–Kier alpha value is -1.57. The van der Waals surface area contributed by atoms with Gasteiger partial charge in [-0.05, 0) is 18.8 Å². The minimum Gasteiger partial charge on any atom is -0.481 e. The third-order valence-electron chi connectivity index (χ3n) is 2.63. The molecular formula is C9H12N2O3. The number of aliphatic carboxylic acids is 1. The lowest BCUT2D eigenvalue weighted by Gasteiger charge is -2.11. The number of nitrogens with one attached hydrogen (secondary N) is 1. The van der Waals surface area contributed by atoms with E-state index in [1.165, 1.54) is 6.19 Å². The molecule has 76 valence electrons. The van der Waals surface area contributed by atoms with Crippen molar-refractivity contribution in [2.45, 2.75) is 19.8 Å². The Bertz CT molecular complexity index is 295. The minimum atomic E-state index is -0.951. The zero-order chi connectivity index (χ0) is 10.7. The standard InChI is InChI=1S/C9H12N2O3/c1-5-2-6(8(12)11-4-10)7(3-5)9(13)14/h5-7H,2-3H2,1H3,(H,11,12)(H,13,14)/t5?,6-,7+/m0/s1. The van der Waals surface area contributed by atoms with Gasteiger partial charge >= 0.3 is 5.97 Å². The Morgan fingerprint density at radius 3 is 2.50 bits per heavy atom. The van der Waals surface area contributed by atoms with E-state index in [1.807, 2.05) is 12.2 Å². The van der Waals surface area contributed by atoms with Crippen molar-refractivity contribution in [1.29, 1.82) is 5.26 Å². The fraction of sp³-hybridized carbons (Fsp3) is 0.667. The molecule has 0 spiro atoms. The zero-order valence-electron chi connectivity index (χ0n) is 7.86. The maximum absolute atomic E-state index is 11.3. The third-order valence-corrected chi connectivity index (χ3v) is 2.63. The molecule has 2 N–H and O–H groups in total. The van der Waals surface area contributed by atoms with Gasteiger partial charge in [-0.2, -0.15) is 5.26 Å². The highest BCUT2D eigenvalue weighted by Crippen LogP contribution is 2.36. The first-order valence-electron chi connectivity index (χ1n) is 4.48. The van der Waals surface area contributed by atoms with Crippen molar-refractivity contribution in [3.05, 3.63) is 0 Å². The van der Waals surface area contributed by atoms with Crippen LogP contribution in [0.4, 0.5) is 0 Å². The summed E-state index contributed by atoms with van der Waals surface area (Å²) in [5.74, 6) is -2.39. The van der Waals surface area contributed by atoms with E-state index in [9.17, 15) is 9.59 Å². The van der Waals surface area contributed by atoms with Crippen molar-refractivity contribution in [1.82, 2.24) is 5.32 Å². The zero-order valence-corrected chi connectivity index (χ0v) is 7.86. The van der Waals surface area contributed by atoms with Gasteiger partial charge in [0.25, 0.3) is 0 Å². The molecule has 1 aliphatic rings. The lowest BCUT2D eigenvalue weighted by atomic mass is 9.95. The summed E-state index contributed by atoms with van der Waals surface area (Å²) < 4.78 is 0. The van der Waals surface area contributed by atoms with Crippen LogP contribution in [0.1, 0.15) is 19.8 Å². The van der Waals surface area contributed by atoms with Crippen LogP contribution in [0.15, 0.2) is 0 Å². The number of nitriles is 1. The molecule has 3 atom stereocenters. The summed E-state index contributed by atoms with van der Waals surface area (Å²) in [5, 5.41) is 19.1. The van der Waals surface area contributed by atoms with Gasteiger partial charge < -0.3 is 5.11 Å². The van der Waals surface area contributed by atoms with Crippen molar-refractivity contribution in [2.24, 2.45) is 17.8 Å². The molecule has 1 unspecified atom stereocenters. The van der Waals surface area contributed by atoms with Crippen LogP contribution < -0.4 is 5.32 Å². The van der Waals surface area contributed by atoms with Gasteiger partial charge in [0.2, 0.25) is 5.91 Å². The normalized spacial score (nSPS) is 30.7. The lowest BCUT2D eigenvalue weighted by Crippen LogP contribution is -2.32. The molecule has 0 aromatic rings. The Labute approximate surface area is 81.7 Å². The van der Waals surface area contributed by atoms with Crippen molar-refractivity contribution >= 4 is 11.9 Å². The number of carbonyl (C=O) groups excluding carboxylic acids is 1. The molecule has 0 heterocycles. The molecule has 5 nitrogen and oxygen atoms in total. The lowest BCUT2D eigenvalue weighted by molar-refractivity contribution is -0.145. The first-order valence-corrected chi connectivity index (χ1v) is 4.48. The molecule has 0 bridgehead atoms. The number of carboxylic acids is 1. The first kappa shape index (κ1) is 10.5. The molecule has 1 fully saturated rings. The summed E-state index contributed by atoms with van der Waals surface area (Å²) in [7, 11) is 0. The number of carbonyl (C=O) groups is 2. The first-order chi connectivity index (χ1) is 6.56. The Balaban J connectivity index is 2.72. The molecule has 1 amide bonds. The summed E-state index contributed by atoms with van der Waals surface area (Å²) in [4.78, 5) is 22.1. The quantitative estimate of drug-likeness (QED) is 0.492. The molecule has 14 heavy (non-hydrogen) atoms. The Morgan fingerprint density at radius 2 is 2.00 bits per heavy atom. The summed E-state index contributed by atoms with van der Waals surface area (Å²) in [6.45, 7) is 1.91. The molecule has 0 aromatic carbocycles. The maximum atomic E-state index is 11.3. The van der Waals surface area contributed by atoms with Crippen LogP contribution in [0.25, 0.3) is 0 Å². The van der Waals surface area contributed by atoms with Gasteiger partial charge in [-0.3, -0.25) is 14.9 Å². The summed E-state index contributed by atoms with van der Waals surface area (Å²) >= 11 is 0. The smallest absolute Gasteiger partial charge is 0.307 e. The van der Waals surface area contributed by atoms with E-state index in [1.54, 1.807) is 0 Å². The average molecular weight is 196 g/mol. The van der Waals surface area contributed by atoms with Gasteiger partial charge in [0.15, 0.2) is 6.19 Å². The number of carboxylic acid groups (broad SMARTS) is 1. The van der Waals surface area contributed by atoms with E-state index in [0.717, 1.165) is 0 Å². The molecular weight excluding hydrogens is 184 g/mol.